The highest BCUT2D eigenvalue weighted by atomic mass is 79.9. The van der Waals surface area contributed by atoms with Gasteiger partial charge in [0.05, 0.1) is 33.4 Å². The van der Waals surface area contributed by atoms with Crippen molar-refractivity contribution in [2.45, 2.75) is 6.42 Å². The molecule has 4 aromatic rings. The summed E-state index contributed by atoms with van der Waals surface area (Å²) >= 11 is 13.5. The fraction of sp³-hybridized carbons (Fsp3) is 0.0833. The minimum absolute atomic E-state index is 0.131. The van der Waals surface area contributed by atoms with Crippen LogP contribution in [0.15, 0.2) is 64.8 Å². The molecule has 0 atom stereocenters. The van der Waals surface area contributed by atoms with Crippen LogP contribution in [0, 0.1) is 10.1 Å². The number of anilines is 1. The van der Waals surface area contributed by atoms with E-state index in [4.69, 9.17) is 4.42 Å². The topological polar surface area (TPSA) is 136 Å². The highest BCUT2D eigenvalue weighted by molar-refractivity contribution is 9.15. The summed E-state index contributed by atoms with van der Waals surface area (Å²) in [6.45, 7) is -0.138. The van der Waals surface area contributed by atoms with Crippen molar-refractivity contribution < 1.29 is 23.7 Å². The second kappa shape index (κ2) is 10.3. The molecule has 3 aromatic carbocycles. The van der Waals surface area contributed by atoms with E-state index in [0.717, 1.165) is 4.90 Å². The van der Waals surface area contributed by atoms with Crippen LogP contribution in [-0.2, 0) is 4.79 Å². The van der Waals surface area contributed by atoms with Crippen molar-refractivity contribution in [3.63, 3.8) is 0 Å². The standard InChI is InChI=1S/C24H12Br4N4O6/c25-18-16-17(19(26)21(28)20(18)27)24(35)31(23(16)34)8-7-15(33)29-12-4-2-1-3-11(12)22-30-13-6-5-10(32(36)37)9-14(13)38-22/h1-6,9H,7-8H2,(H,29,33). The average Bonchev–Trinajstić information content (AvgIpc) is 3.43. The summed E-state index contributed by atoms with van der Waals surface area (Å²) < 4.78 is 7.76. The lowest BCUT2D eigenvalue weighted by Gasteiger charge is -2.14. The van der Waals surface area contributed by atoms with Gasteiger partial charge in [0.2, 0.25) is 11.8 Å². The molecule has 0 bridgehead atoms. The number of non-ortho nitro benzene ring substituents is 1. The number of carbonyl (C=O) groups is 3. The molecular formula is C24H12Br4N4O6. The largest absolute Gasteiger partial charge is 0.436 e. The van der Waals surface area contributed by atoms with E-state index >= 15 is 0 Å². The number of oxazole rings is 1. The maximum Gasteiger partial charge on any atom is 0.273 e. The monoisotopic (exact) mass is 768 g/mol. The second-order valence-corrected chi connectivity index (χ2v) is 11.2. The number of nitrogens with one attached hydrogen (secondary N) is 1. The number of amides is 3. The number of carbonyl (C=O) groups excluding carboxylic acids is 3. The molecule has 0 aliphatic carbocycles. The van der Waals surface area contributed by atoms with E-state index in [0.29, 0.717) is 34.7 Å². The lowest BCUT2D eigenvalue weighted by atomic mass is 10.1. The first kappa shape index (κ1) is 26.7. The van der Waals surface area contributed by atoms with Gasteiger partial charge in [-0.25, -0.2) is 4.98 Å². The summed E-state index contributed by atoms with van der Waals surface area (Å²) in [5.41, 5.74) is 1.79. The Bertz CT molecular complexity index is 1660. The zero-order valence-corrected chi connectivity index (χ0v) is 25.1. The van der Waals surface area contributed by atoms with Crippen molar-refractivity contribution in [2.75, 3.05) is 11.9 Å². The number of nitro benzene ring substituents is 1. The Morgan fingerprint density at radius 1 is 0.974 bits per heavy atom. The zero-order chi connectivity index (χ0) is 27.3. The predicted molar refractivity (Wildman–Crippen MR) is 152 cm³/mol. The number of benzene rings is 3. The van der Waals surface area contributed by atoms with Gasteiger partial charge in [-0.2, -0.15) is 0 Å². The number of hydrogen-bond donors (Lipinski definition) is 1. The Kier molecular flexibility index (Phi) is 7.24. The van der Waals surface area contributed by atoms with Crippen LogP contribution in [0.4, 0.5) is 11.4 Å². The summed E-state index contributed by atoms with van der Waals surface area (Å²) in [4.78, 5) is 54.8. The number of fused-ring (bicyclic) bond motifs is 2. The molecule has 0 spiro atoms. The summed E-state index contributed by atoms with van der Waals surface area (Å²) in [7, 11) is 0. The predicted octanol–water partition coefficient (Wildman–Crippen LogP) is 7.08. The molecule has 14 heteroatoms. The molecule has 1 aromatic heterocycles. The molecule has 1 aliphatic rings. The van der Waals surface area contributed by atoms with Crippen LogP contribution in [0.3, 0.4) is 0 Å². The van der Waals surface area contributed by atoms with Gasteiger partial charge in [0.25, 0.3) is 17.5 Å². The van der Waals surface area contributed by atoms with Gasteiger partial charge in [-0.15, -0.1) is 0 Å². The van der Waals surface area contributed by atoms with Crippen molar-refractivity contribution in [1.29, 1.82) is 0 Å². The summed E-state index contributed by atoms with van der Waals surface area (Å²) in [6.07, 6.45) is -0.156. The van der Waals surface area contributed by atoms with Gasteiger partial charge in [0.1, 0.15) is 5.52 Å². The summed E-state index contributed by atoms with van der Waals surface area (Å²) in [6, 6.07) is 10.9. The number of aromatic nitrogens is 1. The van der Waals surface area contributed by atoms with Gasteiger partial charge in [-0.1, -0.05) is 12.1 Å². The number of para-hydroxylation sites is 1. The van der Waals surface area contributed by atoms with E-state index in [2.05, 4.69) is 74.0 Å². The maximum absolute atomic E-state index is 13.0. The Hall–Kier alpha value is -2.94. The first-order chi connectivity index (χ1) is 18.1. The van der Waals surface area contributed by atoms with Crippen molar-refractivity contribution in [2.24, 2.45) is 0 Å². The van der Waals surface area contributed by atoms with Gasteiger partial charge < -0.3 is 9.73 Å². The molecule has 5 rings (SSSR count). The van der Waals surface area contributed by atoms with Crippen LogP contribution in [0.1, 0.15) is 27.1 Å². The second-order valence-electron chi connectivity index (χ2n) is 8.04. The molecular weight excluding hydrogens is 760 g/mol. The van der Waals surface area contributed by atoms with Crippen molar-refractivity contribution in [3.8, 4) is 11.5 Å². The molecule has 3 amide bonds. The van der Waals surface area contributed by atoms with E-state index < -0.39 is 22.6 Å². The number of halogens is 4. The highest BCUT2D eigenvalue weighted by Gasteiger charge is 2.41. The number of nitrogens with zero attached hydrogens (tertiary/aromatic N) is 3. The number of imide groups is 1. The zero-order valence-electron chi connectivity index (χ0n) is 18.8. The van der Waals surface area contributed by atoms with E-state index in [1.807, 2.05) is 0 Å². The quantitative estimate of drug-likeness (QED) is 0.0728. The van der Waals surface area contributed by atoms with Crippen LogP contribution in [0.25, 0.3) is 22.6 Å². The first-order valence-electron chi connectivity index (χ1n) is 10.7. The van der Waals surface area contributed by atoms with Gasteiger partial charge in [-0.05, 0) is 81.9 Å². The lowest BCUT2D eigenvalue weighted by Crippen LogP contribution is -2.33. The van der Waals surface area contributed by atoms with Crippen LogP contribution >= 0.6 is 63.7 Å². The highest BCUT2D eigenvalue weighted by Crippen LogP contribution is 2.45. The first-order valence-corrected chi connectivity index (χ1v) is 13.9. The molecule has 0 radical (unpaired) electrons. The van der Waals surface area contributed by atoms with Gasteiger partial charge in [0.15, 0.2) is 5.58 Å². The molecule has 0 saturated carbocycles. The maximum atomic E-state index is 13.0. The van der Waals surface area contributed by atoms with Gasteiger partial charge in [-0.3, -0.25) is 29.4 Å². The van der Waals surface area contributed by atoms with Crippen LogP contribution in [0.2, 0.25) is 0 Å². The SMILES string of the molecule is O=C(CCN1C(=O)c2c(Br)c(Br)c(Br)c(Br)c2C1=O)Nc1ccccc1-c1nc2ccc([N+](=O)[O-])cc2o1. The van der Waals surface area contributed by atoms with Crippen LogP contribution in [-0.4, -0.2) is 39.1 Å². The third-order valence-electron chi connectivity index (χ3n) is 5.76. The Morgan fingerprint density at radius 3 is 2.24 bits per heavy atom. The fourth-order valence-corrected chi connectivity index (χ4v) is 6.40. The Balaban J connectivity index is 1.34. The molecule has 0 unspecified atom stereocenters. The smallest absolute Gasteiger partial charge is 0.273 e. The van der Waals surface area contributed by atoms with Gasteiger partial charge >= 0.3 is 0 Å². The van der Waals surface area contributed by atoms with E-state index in [1.165, 1.54) is 18.2 Å². The van der Waals surface area contributed by atoms with Crippen molar-refractivity contribution >= 4 is 104 Å². The Morgan fingerprint density at radius 2 is 1.61 bits per heavy atom. The number of nitro groups is 1. The molecule has 192 valence electrons. The van der Waals surface area contributed by atoms with E-state index in [1.54, 1.807) is 24.3 Å². The summed E-state index contributed by atoms with van der Waals surface area (Å²) in [5, 5.41) is 13.8. The molecule has 2 heterocycles. The van der Waals surface area contributed by atoms with Crippen molar-refractivity contribution in [1.82, 2.24) is 9.88 Å². The molecule has 10 nitrogen and oxygen atoms in total. The molecule has 38 heavy (non-hydrogen) atoms. The third-order valence-corrected chi connectivity index (χ3v) is 10.5. The Labute approximate surface area is 247 Å². The molecule has 1 aliphatic heterocycles. The number of hydrogen-bond acceptors (Lipinski definition) is 7. The minimum atomic E-state index is -0.529. The molecule has 1 N–H and O–H groups in total. The average molecular weight is 772 g/mol. The van der Waals surface area contributed by atoms with E-state index in [-0.39, 0.29) is 41.3 Å². The lowest BCUT2D eigenvalue weighted by molar-refractivity contribution is -0.384. The summed E-state index contributed by atoms with van der Waals surface area (Å²) in [5.74, 6) is -1.30. The van der Waals surface area contributed by atoms with Crippen LogP contribution < -0.4 is 5.32 Å². The van der Waals surface area contributed by atoms with E-state index in [9.17, 15) is 24.5 Å². The number of rotatable bonds is 6. The van der Waals surface area contributed by atoms with Crippen LogP contribution in [0.5, 0.6) is 0 Å². The fourth-order valence-electron chi connectivity index (χ4n) is 3.95. The minimum Gasteiger partial charge on any atom is -0.436 e. The normalized spacial score (nSPS) is 12.8. The van der Waals surface area contributed by atoms with Crippen molar-refractivity contribution in [3.05, 3.63) is 81.6 Å². The molecule has 0 saturated heterocycles. The third kappa shape index (κ3) is 4.59. The molecule has 0 fully saturated rings. The van der Waals surface area contributed by atoms with Gasteiger partial charge in [0, 0.05) is 36.9 Å².